The summed E-state index contributed by atoms with van der Waals surface area (Å²) in [6, 6.07) is 12.5. The lowest BCUT2D eigenvalue weighted by atomic mass is 10.2. The molecule has 4 heteroatoms. The monoisotopic (exact) mass is 276 g/mol. The molecule has 0 amide bonds. The Morgan fingerprint density at radius 3 is 2.47 bits per heavy atom. The summed E-state index contributed by atoms with van der Waals surface area (Å²) >= 11 is 5.89. The molecule has 0 saturated carbocycles. The highest BCUT2D eigenvalue weighted by Gasteiger charge is 2.01. The van der Waals surface area contributed by atoms with Crippen LogP contribution in [0.3, 0.4) is 0 Å². The second kappa shape index (κ2) is 6.25. The third-order valence-electron chi connectivity index (χ3n) is 2.59. The standard InChI is InChI=1S/C15H13ClO3/c1-18-14-4-2-11(3-5-14)10-19-15-7-12(9-17)6-13(16)8-15/h2-9H,10H2,1H3. The third kappa shape index (κ3) is 3.73. The maximum absolute atomic E-state index is 10.7. The summed E-state index contributed by atoms with van der Waals surface area (Å²) in [5.74, 6) is 1.38. The molecular formula is C15H13ClO3. The normalized spacial score (nSPS) is 10.0. The van der Waals surface area contributed by atoms with Crippen molar-refractivity contribution in [2.45, 2.75) is 6.61 Å². The van der Waals surface area contributed by atoms with Gasteiger partial charge < -0.3 is 9.47 Å². The lowest BCUT2D eigenvalue weighted by Crippen LogP contribution is -1.96. The van der Waals surface area contributed by atoms with Gasteiger partial charge in [-0.15, -0.1) is 0 Å². The highest BCUT2D eigenvalue weighted by molar-refractivity contribution is 6.31. The maximum atomic E-state index is 10.7. The average molecular weight is 277 g/mol. The van der Waals surface area contributed by atoms with E-state index < -0.39 is 0 Å². The second-order valence-electron chi connectivity index (χ2n) is 3.97. The summed E-state index contributed by atoms with van der Waals surface area (Å²) in [5.41, 5.74) is 1.51. The summed E-state index contributed by atoms with van der Waals surface area (Å²) in [4.78, 5) is 10.7. The molecule has 2 aromatic carbocycles. The van der Waals surface area contributed by atoms with Gasteiger partial charge in [0.2, 0.25) is 0 Å². The highest BCUT2D eigenvalue weighted by Crippen LogP contribution is 2.21. The topological polar surface area (TPSA) is 35.5 Å². The quantitative estimate of drug-likeness (QED) is 0.781. The molecule has 2 aromatic rings. The summed E-state index contributed by atoms with van der Waals surface area (Å²) in [6.45, 7) is 0.405. The molecule has 0 heterocycles. The lowest BCUT2D eigenvalue weighted by molar-refractivity contribution is 0.112. The second-order valence-corrected chi connectivity index (χ2v) is 4.41. The molecule has 0 aliphatic rings. The first-order chi connectivity index (χ1) is 9.21. The zero-order valence-electron chi connectivity index (χ0n) is 10.4. The Bertz CT molecular complexity index is 564. The molecule has 0 unspecified atom stereocenters. The van der Waals surface area contributed by atoms with Crippen LogP contribution < -0.4 is 9.47 Å². The van der Waals surface area contributed by atoms with Crippen molar-refractivity contribution in [3.05, 3.63) is 58.6 Å². The number of carbonyl (C=O) groups is 1. The van der Waals surface area contributed by atoms with Crippen LogP contribution in [0, 0.1) is 0 Å². The zero-order valence-corrected chi connectivity index (χ0v) is 11.2. The Morgan fingerprint density at radius 1 is 1.11 bits per heavy atom. The predicted molar refractivity (Wildman–Crippen MR) is 74.2 cm³/mol. The Labute approximate surface area is 116 Å². The average Bonchev–Trinajstić information content (AvgIpc) is 2.45. The number of hydrogen-bond acceptors (Lipinski definition) is 3. The molecule has 98 valence electrons. The fourth-order valence-corrected chi connectivity index (χ4v) is 1.86. The molecule has 3 nitrogen and oxygen atoms in total. The van der Waals surface area contributed by atoms with Gasteiger partial charge in [0, 0.05) is 10.6 Å². The summed E-state index contributed by atoms with van der Waals surface area (Å²) in [7, 11) is 1.62. The van der Waals surface area contributed by atoms with Crippen molar-refractivity contribution in [2.75, 3.05) is 7.11 Å². The first kappa shape index (κ1) is 13.4. The van der Waals surface area contributed by atoms with E-state index in [-0.39, 0.29) is 0 Å². The summed E-state index contributed by atoms with van der Waals surface area (Å²) in [6.07, 6.45) is 0.742. The molecule has 2 rings (SSSR count). The number of rotatable bonds is 5. The van der Waals surface area contributed by atoms with Crippen LogP contribution >= 0.6 is 11.6 Å². The summed E-state index contributed by atoms with van der Waals surface area (Å²) in [5, 5.41) is 0.481. The number of methoxy groups -OCH3 is 1. The molecule has 0 saturated heterocycles. The Kier molecular flexibility index (Phi) is 4.42. The van der Waals surface area contributed by atoms with Crippen LogP contribution in [0.5, 0.6) is 11.5 Å². The molecule has 0 atom stereocenters. The van der Waals surface area contributed by atoms with Gasteiger partial charge in [-0.3, -0.25) is 4.79 Å². The van der Waals surface area contributed by atoms with Gasteiger partial charge in [-0.05, 0) is 35.9 Å². The molecule has 0 aromatic heterocycles. The molecule has 0 N–H and O–H groups in total. The van der Waals surface area contributed by atoms with Gasteiger partial charge in [0.15, 0.2) is 0 Å². The Morgan fingerprint density at radius 2 is 1.84 bits per heavy atom. The van der Waals surface area contributed by atoms with Gasteiger partial charge >= 0.3 is 0 Å². The highest BCUT2D eigenvalue weighted by atomic mass is 35.5. The van der Waals surface area contributed by atoms with Crippen LogP contribution in [0.25, 0.3) is 0 Å². The fourth-order valence-electron chi connectivity index (χ4n) is 1.62. The molecule has 0 aliphatic heterocycles. The molecule has 0 bridgehead atoms. The van der Waals surface area contributed by atoms with Gasteiger partial charge in [-0.2, -0.15) is 0 Å². The van der Waals surface area contributed by atoms with Gasteiger partial charge in [-0.1, -0.05) is 23.7 Å². The van der Waals surface area contributed by atoms with E-state index in [1.807, 2.05) is 24.3 Å². The minimum atomic E-state index is 0.405. The molecule has 0 spiro atoms. The zero-order chi connectivity index (χ0) is 13.7. The number of aldehydes is 1. The van der Waals surface area contributed by atoms with E-state index in [0.29, 0.717) is 22.9 Å². The van der Waals surface area contributed by atoms with Crippen LogP contribution in [-0.2, 0) is 6.61 Å². The molecular weight excluding hydrogens is 264 g/mol. The van der Waals surface area contributed by atoms with Gasteiger partial charge in [0.25, 0.3) is 0 Å². The van der Waals surface area contributed by atoms with Crippen molar-refractivity contribution in [3.63, 3.8) is 0 Å². The van der Waals surface area contributed by atoms with E-state index in [0.717, 1.165) is 17.6 Å². The van der Waals surface area contributed by atoms with Crippen molar-refractivity contribution < 1.29 is 14.3 Å². The van der Waals surface area contributed by atoms with Gasteiger partial charge in [0.1, 0.15) is 24.4 Å². The van der Waals surface area contributed by atoms with Crippen molar-refractivity contribution in [1.82, 2.24) is 0 Å². The number of ether oxygens (including phenoxy) is 2. The summed E-state index contributed by atoms with van der Waals surface area (Å²) < 4.78 is 10.7. The Balaban J connectivity index is 2.05. The van der Waals surface area contributed by atoms with Crippen LogP contribution in [0.4, 0.5) is 0 Å². The smallest absolute Gasteiger partial charge is 0.150 e. The number of hydrogen-bond donors (Lipinski definition) is 0. The van der Waals surface area contributed by atoms with Crippen molar-refractivity contribution in [1.29, 1.82) is 0 Å². The van der Waals surface area contributed by atoms with E-state index in [4.69, 9.17) is 21.1 Å². The minimum Gasteiger partial charge on any atom is -0.497 e. The lowest BCUT2D eigenvalue weighted by Gasteiger charge is -2.08. The van der Waals surface area contributed by atoms with Gasteiger partial charge in [-0.25, -0.2) is 0 Å². The maximum Gasteiger partial charge on any atom is 0.150 e. The van der Waals surface area contributed by atoms with Crippen LogP contribution in [-0.4, -0.2) is 13.4 Å². The van der Waals surface area contributed by atoms with Crippen molar-refractivity contribution in [3.8, 4) is 11.5 Å². The van der Waals surface area contributed by atoms with Gasteiger partial charge in [0.05, 0.1) is 7.11 Å². The molecule has 0 radical (unpaired) electrons. The number of halogens is 1. The van der Waals surface area contributed by atoms with Crippen LogP contribution in [0.15, 0.2) is 42.5 Å². The number of benzene rings is 2. The van der Waals surface area contributed by atoms with Crippen LogP contribution in [0.1, 0.15) is 15.9 Å². The van der Waals surface area contributed by atoms with Crippen molar-refractivity contribution in [2.24, 2.45) is 0 Å². The Hall–Kier alpha value is -2.00. The molecule has 19 heavy (non-hydrogen) atoms. The van der Waals surface area contributed by atoms with Crippen LogP contribution in [0.2, 0.25) is 5.02 Å². The minimum absolute atomic E-state index is 0.405. The SMILES string of the molecule is COc1ccc(COc2cc(Cl)cc(C=O)c2)cc1. The largest absolute Gasteiger partial charge is 0.497 e. The molecule has 0 aliphatic carbocycles. The molecule has 0 fully saturated rings. The third-order valence-corrected chi connectivity index (χ3v) is 2.81. The first-order valence-electron chi connectivity index (χ1n) is 5.73. The van der Waals surface area contributed by atoms with E-state index >= 15 is 0 Å². The fraction of sp³-hybridized carbons (Fsp3) is 0.133. The van der Waals surface area contributed by atoms with E-state index in [2.05, 4.69) is 0 Å². The first-order valence-corrected chi connectivity index (χ1v) is 6.10. The van der Waals surface area contributed by atoms with E-state index in [1.54, 1.807) is 25.3 Å². The predicted octanol–water partition coefficient (Wildman–Crippen LogP) is 3.74. The van der Waals surface area contributed by atoms with Crippen molar-refractivity contribution >= 4 is 17.9 Å². The number of carbonyl (C=O) groups excluding carboxylic acids is 1. The van der Waals surface area contributed by atoms with E-state index in [9.17, 15) is 4.79 Å². The van der Waals surface area contributed by atoms with E-state index in [1.165, 1.54) is 0 Å².